The SMILES string of the molecule is CCc1ccc(CSC[B-](F)(F)F)o1. The van der Waals surface area contributed by atoms with Crippen LogP contribution in [0.1, 0.15) is 18.4 Å². The highest BCUT2D eigenvalue weighted by Gasteiger charge is 2.22. The quantitative estimate of drug-likeness (QED) is 0.709. The van der Waals surface area contributed by atoms with Crippen LogP contribution in [0, 0.1) is 0 Å². The van der Waals surface area contributed by atoms with E-state index in [4.69, 9.17) is 4.42 Å². The van der Waals surface area contributed by atoms with Crippen LogP contribution in [-0.2, 0) is 12.2 Å². The summed E-state index contributed by atoms with van der Waals surface area (Å²) < 4.78 is 40.8. The molecule has 0 atom stereocenters. The summed E-state index contributed by atoms with van der Waals surface area (Å²) in [6.45, 7) is -2.74. The lowest BCUT2D eigenvalue weighted by molar-refractivity contribution is 0.483. The zero-order valence-corrected chi connectivity index (χ0v) is 8.62. The lowest BCUT2D eigenvalue weighted by atomic mass is 9.98. The summed E-state index contributed by atoms with van der Waals surface area (Å²) in [5, 5.41) is 0. The Morgan fingerprint density at radius 2 is 1.93 bits per heavy atom. The molecule has 0 spiro atoms. The van der Waals surface area contributed by atoms with Crippen LogP contribution >= 0.6 is 11.8 Å². The van der Waals surface area contributed by atoms with Crippen LogP contribution in [0.5, 0.6) is 0 Å². The second kappa shape index (κ2) is 4.82. The minimum atomic E-state index is -4.68. The van der Waals surface area contributed by atoms with E-state index in [2.05, 4.69) is 0 Å². The van der Waals surface area contributed by atoms with Crippen molar-refractivity contribution in [3.05, 3.63) is 23.7 Å². The highest BCUT2D eigenvalue weighted by Crippen LogP contribution is 2.21. The lowest BCUT2D eigenvalue weighted by Gasteiger charge is -2.11. The average molecular weight is 223 g/mol. The van der Waals surface area contributed by atoms with Gasteiger partial charge in [0.25, 0.3) is 0 Å². The third-order valence-electron chi connectivity index (χ3n) is 1.62. The Labute approximate surface area is 85.1 Å². The van der Waals surface area contributed by atoms with Crippen LogP contribution < -0.4 is 0 Å². The topological polar surface area (TPSA) is 13.1 Å². The number of thioether (sulfide) groups is 1. The molecule has 1 heterocycles. The van der Waals surface area contributed by atoms with Gasteiger partial charge < -0.3 is 17.4 Å². The highest BCUT2D eigenvalue weighted by molar-refractivity contribution is 7.99. The van der Waals surface area contributed by atoms with Gasteiger partial charge in [0.05, 0.1) is 0 Å². The van der Waals surface area contributed by atoms with Gasteiger partial charge in [0.15, 0.2) is 0 Å². The van der Waals surface area contributed by atoms with Crippen molar-refractivity contribution in [3.8, 4) is 0 Å². The molecule has 0 fully saturated rings. The van der Waals surface area contributed by atoms with Gasteiger partial charge in [-0.1, -0.05) is 6.92 Å². The fourth-order valence-corrected chi connectivity index (χ4v) is 1.72. The van der Waals surface area contributed by atoms with Crippen molar-refractivity contribution in [2.24, 2.45) is 0 Å². The van der Waals surface area contributed by atoms with Crippen LogP contribution in [0.4, 0.5) is 12.9 Å². The zero-order chi connectivity index (χ0) is 10.6. The Morgan fingerprint density at radius 3 is 2.43 bits per heavy atom. The first-order chi connectivity index (χ1) is 6.51. The number of rotatable bonds is 5. The van der Waals surface area contributed by atoms with Gasteiger partial charge in [-0.15, -0.1) is 0 Å². The number of aryl methyl sites for hydroxylation is 1. The molecule has 0 saturated carbocycles. The van der Waals surface area contributed by atoms with Gasteiger partial charge in [-0.2, -0.15) is 11.8 Å². The van der Waals surface area contributed by atoms with Gasteiger partial charge in [-0.3, -0.25) is 0 Å². The van der Waals surface area contributed by atoms with Crippen molar-refractivity contribution in [1.82, 2.24) is 0 Å². The molecule has 1 rings (SSSR count). The van der Waals surface area contributed by atoms with Gasteiger partial charge in [0.2, 0.25) is 0 Å². The smallest absolute Gasteiger partial charge is 0.465 e. The Bertz CT molecular complexity index is 284. The molecule has 0 aromatic carbocycles. The standard InChI is InChI=1S/C8H11BF3OS/c1-2-7-3-4-8(13-7)5-14-6-9(10,11)12/h3-4H,2,5-6H2,1H3/q-1. The van der Waals surface area contributed by atoms with E-state index in [1.54, 1.807) is 12.1 Å². The van der Waals surface area contributed by atoms with Gasteiger partial charge in [-0.25, -0.2) is 0 Å². The molecule has 1 aromatic rings. The summed E-state index contributed by atoms with van der Waals surface area (Å²) in [4.78, 5) is 0. The summed E-state index contributed by atoms with van der Waals surface area (Å²) in [6.07, 6.45) is 0.772. The minimum absolute atomic E-state index is 0.293. The molecular formula is C8H11BF3OS-. The fourth-order valence-electron chi connectivity index (χ4n) is 0.983. The van der Waals surface area contributed by atoms with Crippen molar-refractivity contribution >= 4 is 18.7 Å². The molecule has 0 radical (unpaired) electrons. The average Bonchev–Trinajstić information content (AvgIpc) is 2.50. The number of halogens is 3. The molecule has 0 aliphatic carbocycles. The molecule has 6 heteroatoms. The van der Waals surface area contributed by atoms with E-state index in [1.807, 2.05) is 6.92 Å². The van der Waals surface area contributed by atoms with Crippen LogP contribution in [0.15, 0.2) is 16.5 Å². The normalized spacial score (nSPS) is 12.0. The molecule has 0 amide bonds. The summed E-state index contributed by atoms with van der Waals surface area (Å²) >= 11 is 0.846. The predicted molar refractivity (Wildman–Crippen MR) is 53.3 cm³/mol. The van der Waals surface area contributed by atoms with E-state index in [0.717, 1.165) is 23.9 Å². The van der Waals surface area contributed by atoms with Crippen molar-refractivity contribution in [2.75, 3.05) is 5.65 Å². The zero-order valence-electron chi connectivity index (χ0n) is 7.80. The molecule has 0 bridgehead atoms. The summed E-state index contributed by atoms with van der Waals surface area (Å²) in [5.74, 6) is 1.73. The van der Waals surface area contributed by atoms with Gasteiger partial charge in [0, 0.05) is 12.2 Å². The maximum atomic E-state index is 11.8. The first-order valence-electron chi connectivity index (χ1n) is 4.37. The van der Waals surface area contributed by atoms with E-state index >= 15 is 0 Å². The summed E-state index contributed by atoms with van der Waals surface area (Å²) in [6, 6.07) is 3.53. The van der Waals surface area contributed by atoms with Crippen molar-refractivity contribution < 1.29 is 17.4 Å². The number of hydrogen-bond acceptors (Lipinski definition) is 2. The molecule has 0 unspecified atom stereocenters. The molecule has 0 aliphatic rings. The Hall–Kier alpha value is -0.515. The Balaban J connectivity index is 2.31. The lowest BCUT2D eigenvalue weighted by Crippen LogP contribution is -2.19. The minimum Gasteiger partial charge on any atom is -0.465 e. The van der Waals surface area contributed by atoms with Crippen molar-refractivity contribution in [2.45, 2.75) is 19.1 Å². The molecular weight excluding hydrogens is 212 g/mol. The Morgan fingerprint density at radius 1 is 1.29 bits per heavy atom. The molecule has 0 saturated heterocycles. The van der Waals surface area contributed by atoms with E-state index in [0.29, 0.717) is 11.5 Å². The van der Waals surface area contributed by atoms with Crippen molar-refractivity contribution in [1.29, 1.82) is 0 Å². The van der Waals surface area contributed by atoms with Crippen molar-refractivity contribution in [3.63, 3.8) is 0 Å². The van der Waals surface area contributed by atoms with Gasteiger partial charge in [0.1, 0.15) is 11.5 Å². The predicted octanol–water partition coefficient (Wildman–Crippen LogP) is 3.46. The number of hydrogen-bond donors (Lipinski definition) is 0. The van der Waals surface area contributed by atoms with Crippen LogP contribution in [-0.4, -0.2) is 12.6 Å². The molecule has 1 aromatic heterocycles. The van der Waals surface area contributed by atoms with E-state index < -0.39 is 12.6 Å². The molecule has 1 nitrogen and oxygen atoms in total. The van der Waals surface area contributed by atoms with E-state index in [1.165, 1.54) is 0 Å². The maximum absolute atomic E-state index is 11.8. The van der Waals surface area contributed by atoms with Crippen LogP contribution in [0.2, 0.25) is 0 Å². The van der Waals surface area contributed by atoms with Gasteiger partial charge in [-0.05, 0) is 17.8 Å². The second-order valence-electron chi connectivity index (χ2n) is 2.95. The first kappa shape index (κ1) is 11.6. The monoisotopic (exact) mass is 223 g/mol. The summed E-state index contributed by atoms with van der Waals surface area (Å²) in [5.41, 5.74) is -0.762. The largest absolute Gasteiger partial charge is 0.488 e. The molecule has 0 N–H and O–H groups in total. The molecule has 14 heavy (non-hydrogen) atoms. The maximum Gasteiger partial charge on any atom is 0.488 e. The van der Waals surface area contributed by atoms with Crippen LogP contribution in [0.25, 0.3) is 0 Å². The van der Waals surface area contributed by atoms with Crippen LogP contribution in [0.3, 0.4) is 0 Å². The van der Waals surface area contributed by atoms with E-state index in [9.17, 15) is 12.9 Å². The highest BCUT2D eigenvalue weighted by atomic mass is 32.2. The number of furan rings is 1. The van der Waals surface area contributed by atoms with E-state index in [-0.39, 0.29) is 0 Å². The Kier molecular flexibility index (Phi) is 3.98. The first-order valence-corrected chi connectivity index (χ1v) is 5.53. The molecule has 80 valence electrons. The molecule has 0 aliphatic heterocycles. The second-order valence-corrected chi connectivity index (χ2v) is 3.98. The third-order valence-corrected chi connectivity index (χ3v) is 2.72. The third kappa shape index (κ3) is 4.13. The van der Waals surface area contributed by atoms with Gasteiger partial charge >= 0.3 is 6.98 Å². The summed E-state index contributed by atoms with van der Waals surface area (Å²) in [7, 11) is 0. The fraction of sp³-hybridized carbons (Fsp3) is 0.500.